The summed E-state index contributed by atoms with van der Waals surface area (Å²) in [7, 11) is 0. The Balaban J connectivity index is 1.49. The third-order valence-electron chi connectivity index (χ3n) is 6.69. The van der Waals surface area contributed by atoms with E-state index in [0.717, 1.165) is 53.6 Å². The molecule has 4 N–H and O–H groups in total. The zero-order valence-electron chi connectivity index (χ0n) is 20.5. The number of anilines is 1. The molecular weight excluding hydrogens is 436 g/mol. The van der Waals surface area contributed by atoms with E-state index < -0.39 is 0 Å². The molecule has 4 rings (SSSR count). The van der Waals surface area contributed by atoms with E-state index >= 15 is 0 Å². The molecule has 0 aliphatic heterocycles. The Morgan fingerprint density at radius 2 is 1.69 bits per heavy atom. The molecule has 1 fully saturated rings. The van der Waals surface area contributed by atoms with E-state index in [-0.39, 0.29) is 23.9 Å². The number of pyridine rings is 1. The van der Waals surface area contributed by atoms with Gasteiger partial charge < -0.3 is 16.4 Å². The van der Waals surface area contributed by atoms with E-state index in [0.29, 0.717) is 18.0 Å². The van der Waals surface area contributed by atoms with E-state index in [1.807, 2.05) is 55.5 Å². The number of amides is 2. The van der Waals surface area contributed by atoms with Crippen LogP contribution in [0.1, 0.15) is 57.6 Å². The minimum absolute atomic E-state index is 0.00262. The second-order valence-corrected chi connectivity index (χ2v) is 9.57. The second kappa shape index (κ2) is 11.3. The Morgan fingerprint density at radius 3 is 2.31 bits per heavy atom. The Hall–Kier alpha value is -3.51. The summed E-state index contributed by atoms with van der Waals surface area (Å²) in [6.45, 7) is 3.52. The maximum absolute atomic E-state index is 12.8. The predicted molar refractivity (Wildman–Crippen MR) is 141 cm³/mol. The first kappa shape index (κ1) is 24.6. The summed E-state index contributed by atoms with van der Waals surface area (Å²) in [5.74, 6) is 0.355. The van der Waals surface area contributed by atoms with Crippen molar-refractivity contribution in [2.45, 2.75) is 58.0 Å². The molecule has 1 saturated carbocycles. The van der Waals surface area contributed by atoms with Crippen LogP contribution in [0.25, 0.3) is 22.4 Å². The van der Waals surface area contributed by atoms with Crippen molar-refractivity contribution in [3.8, 4) is 22.4 Å². The number of hydrogen-bond donors (Lipinski definition) is 3. The highest BCUT2D eigenvalue weighted by Gasteiger charge is 2.23. The molecule has 0 unspecified atom stereocenters. The third-order valence-corrected chi connectivity index (χ3v) is 6.69. The van der Waals surface area contributed by atoms with Crippen LogP contribution in [0.5, 0.6) is 0 Å². The summed E-state index contributed by atoms with van der Waals surface area (Å²) in [4.78, 5) is 28.8. The molecule has 1 aromatic heterocycles. The lowest BCUT2D eigenvalue weighted by Crippen LogP contribution is -2.36. The van der Waals surface area contributed by atoms with Crippen LogP contribution in [0, 0.1) is 5.92 Å². The van der Waals surface area contributed by atoms with Gasteiger partial charge in [-0.25, -0.2) is 0 Å². The fourth-order valence-electron chi connectivity index (χ4n) is 4.82. The largest absolute Gasteiger partial charge is 0.354 e. The molecule has 1 aliphatic rings. The first-order valence-electron chi connectivity index (χ1n) is 12.4. The SMILES string of the molecule is CC(=O)NC1CCC(CC(=O)Nc2cnc(-c3ccc([C@H](C)N)cc3)c(-c3ccccc3)c2)CC1. The molecule has 6 nitrogen and oxygen atoms in total. The molecule has 1 atom stereocenters. The molecule has 0 spiro atoms. The summed E-state index contributed by atoms with van der Waals surface area (Å²) in [6.07, 6.45) is 5.95. The molecule has 1 aliphatic carbocycles. The predicted octanol–water partition coefficient (Wildman–Crippen LogP) is 5.46. The summed E-state index contributed by atoms with van der Waals surface area (Å²) >= 11 is 0. The molecular formula is C29H34N4O2. The van der Waals surface area contributed by atoms with Gasteiger partial charge in [0, 0.05) is 36.6 Å². The molecule has 0 bridgehead atoms. The van der Waals surface area contributed by atoms with Gasteiger partial charge in [-0.1, -0.05) is 54.6 Å². The smallest absolute Gasteiger partial charge is 0.224 e. The molecule has 35 heavy (non-hydrogen) atoms. The molecule has 3 aromatic rings. The van der Waals surface area contributed by atoms with Crippen LogP contribution >= 0.6 is 0 Å². The van der Waals surface area contributed by atoms with Gasteiger partial charge in [-0.05, 0) is 55.7 Å². The topological polar surface area (TPSA) is 97.1 Å². The Labute approximate surface area is 207 Å². The van der Waals surface area contributed by atoms with Crippen molar-refractivity contribution in [2.24, 2.45) is 11.7 Å². The second-order valence-electron chi connectivity index (χ2n) is 9.57. The van der Waals surface area contributed by atoms with Crippen LogP contribution in [0.3, 0.4) is 0 Å². The van der Waals surface area contributed by atoms with E-state index in [9.17, 15) is 9.59 Å². The quantitative estimate of drug-likeness (QED) is 0.427. The normalized spacial score (nSPS) is 18.5. The van der Waals surface area contributed by atoms with Crippen molar-refractivity contribution in [2.75, 3.05) is 5.32 Å². The van der Waals surface area contributed by atoms with Crippen LogP contribution in [-0.4, -0.2) is 22.8 Å². The Bertz CT molecular complexity index is 1150. The Morgan fingerprint density at radius 1 is 1.00 bits per heavy atom. The first-order chi connectivity index (χ1) is 16.9. The maximum atomic E-state index is 12.8. The lowest BCUT2D eigenvalue weighted by molar-refractivity contribution is -0.120. The van der Waals surface area contributed by atoms with E-state index in [1.54, 1.807) is 13.1 Å². The van der Waals surface area contributed by atoms with Crippen LogP contribution < -0.4 is 16.4 Å². The van der Waals surface area contributed by atoms with Gasteiger partial charge in [-0.15, -0.1) is 0 Å². The molecule has 1 heterocycles. The van der Waals surface area contributed by atoms with Gasteiger partial charge in [-0.3, -0.25) is 14.6 Å². The number of nitrogens with zero attached hydrogens (tertiary/aromatic N) is 1. The maximum Gasteiger partial charge on any atom is 0.224 e. The number of benzene rings is 2. The number of carbonyl (C=O) groups excluding carboxylic acids is 2. The highest BCUT2D eigenvalue weighted by Crippen LogP contribution is 2.33. The van der Waals surface area contributed by atoms with Gasteiger partial charge in [0.15, 0.2) is 0 Å². The minimum atomic E-state index is -0.0244. The molecule has 182 valence electrons. The summed E-state index contributed by atoms with van der Waals surface area (Å²) < 4.78 is 0. The molecule has 2 amide bonds. The van der Waals surface area contributed by atoms with Crippen molar-refractivity contribution in [1.82, 2.24) is 10.3 Å². The van der Waals surface area contributed by atoms with Gasteiger partial charge in [-0.2, -0.15) is 0 Å². The van der Waals surface area contributed by atoms with Gasteiger partial charge in [0.1, 0.15) is 0 Å². The van der Waals surface area contributed by atoms with Crippen LogP contribution in [0.2, 0.25) is 0 Å². The average Bonchev–Trinajstić information content (AvgIpc) is 2.85. The first-order valence-corrected chi connectivity index (χ1v) is 12.4. The van der Waals surface area contributed by atoms with Gasteiger partial charge in [0.2, 0.25) is 11.8 Å². The fourth-order valence-corrected chi connectivity index (χ4v) is 4.82. The van der Waals surface area contributed by atoms with Crippen LogP contribution in [-0.2, 0) is 9.59 Å². The fraction of sp³-hybridized carbons (Fsp3) is 0.345. The van der Waals surface area contributed by atoms with Gasteiger partial charge >= 0.3 is 0 Å². The molecule has 6 heteroatoms. The zero-order chi connectivity index (χ0) is 24.8. The van der Waals surface area contributed by atoms with Crippen molar-refractivity contribution in [3.05, 3.63) is 72.4 Å². The molecule has 2 aromatic carbocycles. The number of hydrogen-bond acceptors (Lipinski definition) is 4. The van der Waals surface area contributed by atoms with Crippen molar-refractivity contribution in [1.29, 1.82) is 0 Å². The van der Waals surface area contributed by atoms with Gasteiger partial charge in [0.25, 0.3) is 0 Å². The lowest BCUT2D eigenvalue weighted by Gasteiger charge is -2.28. The van der Waals surface area contributed by atoms with E-state index in [4.69, 9.17) is 10.7 Å². The summed E-state index contributed by atoms with van der Waals surface area (Å²) in [6, 6.07) is 20.5. The number of carbonyl (C=O) groups is 2. The zero-order valence-corrected chi connectivity index (χ0v) is 20.5. The highest BCUT2D eigenvalue weighted by atomic mass is 16.2. The lowest BCUT2D eigenvalue weighted by atomic mass is 9.84. The van der Waals surface area contributed by atoms with Crippen molar-refractivity contribution >= 4 is 17.5 Å². The standard InChI is InChI=1S/C29H34N4O2/c1-19(30)22-10-12-24(13-11-22)29-27(23-6-4-3-5-7-23)17-26(18-31-29)33-28(35)16-21-8-14-25(15-9-21)32-20(2)34/h3-7,10-13,17-19,21,25H,8-9,14-16,30H2,1-2H3,(H,32,34)(H,33,35)/t19-,21?,25?/m0/s1. The number of rotatable bonds is 7. The van der Waals surface area contributed by atoms with Gasteiger partial charge in [0.05, 0.1) is 17.6 Å². The van der Waals surface area contributed by atoms with E-state index in [1.165, 1.54) is 0 Å². The van der Waals surface area contributed by atoms with Crippen molar-refractivity contribution in [3.63, 3.8) is 0 Å². The van der Waals surface area contributed by atoms with Crippen LogP contribution in [0.15, 0.2) is 66.9 Å². The number of nitrogens with one attached hydrogen (secondary N) is 2. The number of aromatic nitrogens is 1. The monoisotopic (exact) mass is 470 g/mol. The highest BCUT2D eigenvalue weighted by molar-refractivity contribution is 5.93. The molecule has 0 saturated heterocycles. The average molecular weight is 471 g/mol. The van der Waals surface area contributed by atoms with Crippen LogP contribution in [0.4, 0.5) is 5.69 Å². The van der Waals surface area contributed by atoms with Crippen molar-refractivity contribution < 1.29 is 9.59 Å². The minimum Gasteiger partial charge on any atom is -0.354 e. The number of nitrogens with two attached hydrogens (primary N) is 1. The third kappa shape index (κ3) is 6.55. The molecule has 0 radical (unpaired) electrons. The van der Waals surface area contributed by atoms with E-state index in [2.05, 4.69) is 22.8 Å². The summed E-state index contributed by atoms with van der Waals surface area (Å²) in [5, 5.41) is 6.05. The Kier molecular flexibility index (Phi) is 7.93. The summed E-state index contributed by atoms with van der Waals surface area (Å²) in [5.41, 5.74) is 11.6.